The van der Waals surface area contributed by atoms with Crippen molar-refractivity contribution in [2.45, 2.75) is 6.54 Å². The van der Waals surface area contributed by atoms with Crippen LogP contribution in [-0.4, -0.2) is 18.5 Å². The third-order valence-electron chi connectivity index (χ3n) is 2.38. The minimum absolute atomic E-state index is 0.0701. The molecule has 0 saturated carbocycles. The molecule has 6 heteroatoms. The third-order valence-corrected chi connectivity index (χ3v) is 2.38. The molecule has 5 nitrogen and oxygen atoms in total. The number of imide groups is 1. The maximum Gasteiger partial charge on any atom is 0.329 e. The Hall–Kier alpha value is -1.95. The number of nitrogens with one attached hydrogen (secondary N) is 1. The van der Waals surface area contributed by atoms with Gasteiger partial charge in [0.1, 0.15) is 5.82 Å². The second-order valence-electron chi connectivity index (χ2n) is 3.33. The van der Waals surface area contributed by atoms with Gasteiger partial charge in [-0.2, -0.15) is 0 Å². The minimum Gasteiger partial charge on any atom is -0.328 e. The third kappa shape index (κ3) is 1.53. The van der Waals surface area contributed by atoms with Gasteiger partial charge in [0, 0.05) is 12.1 Å². The molecule has 1 aromatic carbocycles. The zero-order valence-corrected chi connectivity index (χ0v) is 8.37. The Morgan fingerprint density at radius 2 is 2.19 bits per heavy atom. The van der Waals surface area contributed by atoms with Gasteiger partial charge < -0.3 is 11.1 Å². The van der Waals surface area contributed by atoms with Crippen LogP contribution < -0.4 is 16.0 Å². The zero-order valence-electron chi connectivity index (χ0n) is 8.37. The van der Waals surface area contributed by atoms with Gasteiger partial charge in [0.05, 0.1) is 12.2 Å². The summed E-state index contributed by atoms with van der Waals surface area (Å²) in [5, 5.41) is 2.36. The second kappa shape index (κ2) is 3.90. The van der Waals surface area contributed by atoms with E-state index in [1.807, 2.05) is 0 Å². The number of amides is 3. The molecular formula is C10H10FN3O2. The lowest BCUT2D eigenvalue weighted by Gasteiger charge is -2.16. The minimum atomic E-state index is -0.551. The highest BCUT2D eigenvalue weighted by Gasteiger charge is 2.31. The van der Waals surface area contributed by atoms with Gasteiger partial charge >= 0.3 is 6.03 Å². The lowest BCUT2D eigenvalue weighted by atomic mass is 10.1. The fourth-order valence-corrected chi connectivity index (χ4v) is 1.63. The smallest absolute Gasteiger partial charge is 0.328 e. The highest BCUT2D eigenvalue weighted by atomic mass is 19.1. The summed E-state index contributed by atoms with van der Waals surface area (Å²) in [7, 11) is 0. The van der Waals surface area contributed by atoms with E-state index in [1.165, 1.54) is 18.2 Å². The molecule has 0 unspecified atom stereocenters. The van der Waals surface area contributed by atoms with Crippen LogP contribution in [0.2, 0.25) is 0 Å². The molecule has 0 aliphatic carbocycles. The molecule has 1 saturated heterocycles. The van der Waals surface area contributed by atoms with Crippen LogP contribution in [0.3, 0.4) is 0 Å². The van der Waals surface area contributed by atoms with E-state index in [0.29, 0.717) is 0 Å². The van der Waals surface area contributed by atoms with Gasteiger partial charge in [-0.25, -0.2) is 14.1 Å². The molecule has 1 aliphatic heterocycles. The van der Waals surface area contributed by atoms with E-state index >= 15 is 0 Å². The van der Waals surface area contributed by atoms with Crippen LogP contribution in [-0.2, 0) is 11.3 Å². The molecule has 0 aromatic heterocycles. The number of urea groups is 1. The number of hydrogen-bond acceptors (Lipinski definition) is 3. The molecule has 84 valence electrons. The average Bonchev–Trinajstić information content (AvgIpc) is 2.58. The van der Waals surface area contributed by atoms with E-state index in [1.54, 1.807) is 0 Å². The number of halogens is 1. The summed E-state index contributed by atoms with van der Waals surface area (Å²) in [5.74, 6) is -0.933. The summed E-state index contributed by atoms with van der Waals surface area (Å²) in [6, 6.07) is 3.62. The lowest BCUT2D eigenvalue weighted by Crippen LogP contribution is -2.32. The summed E-state index contributed by atoms with van der Waals surface area (Å²) >= 11 is 0. The molecule has 1 heterocycles. The molecule has 1 fully saturated rings. The Morgan fingerprint density at radius 3 is 2.75 bits per heavy atom. The summed E-state index contributed by atoms with van der Waals surface area (Å²) in [6.07, 6.45) is 0. The maximum atomic E-state index is 13.4. The van der Waals surface area contributed by atoms with Crippen LogP contribution in [0, 0.1) is 5.82 Å². The van der Waals surface area contributed by atoms with Gasteiger partial charge in [0.2, 0.25) is 0 Å². The van der Waals surface area contributed by atoms with Crippen molar-refractivity contribution < 1.29 is 14.0 Å². The van der Waals surface area contributed by atoms with Gasteiger partial charge in [0.15, 0.2) is 0 Å². The van der Waals surface area contributed by atoms with Crippen molar-refractivity contribution in [3.8, 4) is 0 Å². The first-order valence-corrected chi connectivity index (χ1v) is 4.73. The quantitative estimate of drug-likeness (QED) is 0.710. The summed E-state index contributed by atoms with van der Waals surface area (Å²) in [6.45, 7) is -0.140. The van der Waals surface area contributed by atoms with Crippen LogP contribution in [0.5, 0.6) is 0 Å². The molecule has 1 aromatic rings. The van der Waals surface area contributed by atoms with E-state index in [0.717, 1.165) is 4.90 Å². The second-order valence-corrected chi connectivity index (χ2v) is 3.33. The molecular weight excluding hydrogens is 213 g/mol. The Labute approximate surface area is 91.0 Å². The number of nitrogens with two attached hydrogens (primary N) is 1. The molecule has 3 amide bonds. The Balaban J connectivity index is 2.51. The Kier molecular flexibility index (Phi) is 2.57. The number of hydrogen-bond donors (Lipinski definition) is 2. The van der Waals surface area contributed by atoms with Crippen LogP contribution >= 0.6 is 0 Å². The number of benzene rings is 1. The summed E-state index contributed by atoms with van der Waals surface area (Å²) in [4.78, 5) is 23.7. The largest absolute Gasteiger partial charge is 0.329 e. The number of nitrogens with zero attached hydrogens (tertiary/aromatic N) is 1. The first-order valence-electron chi connectivity index (χ1n) is 4.73. The van der Waals surface area contributed by atoms with Crippen LogP contribution in [0.1, 0.15) is 5.56 Å². The topological polar surface area (TPSA) is 75.4 Å². The fraction of sp³-hybridized carbons (Fsp3) is 0.200. The molecule has 0 bridgehead atoms. The van der Waals surface area contributed by atoms with E-state index in [-0.39, 0.29) is 24.3 Å². The Bertz CT molecular complexity index is 445. The molecule has 16 heavy (non-hydrogen) atoms. The highest BCUT2D eigenvalue weighted by molar-refractivity contribution is 6.20. The van der Waals surface area contributed by atoms with Crippen molar-refractivity contribution >= 4 is 17.6 Å². The summed E-state index contributed by atoms with van der Waals surface area (Å²) < 4.78 is 13.4. The predicted molar refractivity (Wildman–Crippen MR) is 55.2 cm³/mol. The molecule has 0 spiro atoms. The lowest BCUT2D eigenvalue weighted by molar-refractivity contribution is -0.115. The van der Waals surface area contributed by atoms with Gasteiger partial charge in [-0.1, -0.05) is 6.07 Å². The monoisotopic (exact) mass is 223 g/mol. The van der Waals surface area contributed by atoms with Crippen molar-refractivity contribution in [1.82, 2.24) is 5.32 Å². The SMILES string of the molecule is NCc1c(F)cccc1N1C(=O)CNC1=O. The molecule has 2 rings (SSSR count). The number of anilines is 1. The number of carbonyl (C=O) groups is 2. The van der Waals surface area contributed by atoms with Gasteiger partial charge in [-0.15, -0.1) is 0 Å². The van der Waals surface area contributed by atoms with E-state index in [9.17, 15) is 14.0 Å². The molecule has 3 N–H and O–H groups in total. The van der Waals surface area contributed by atoms with Crippen molar-refractivity contribution in [2.24, 2.45) is 5.73 Å². The van der Waals surface area contributed by atoms with Crippen LogP contribution in [0.25, 0.3) is 0 Å². The molecule has 0 radical (unpaired) electrons. The van der Waals surface area contributed by atoms with Gasteiger partial charge in [0.25, 0.3) is 5.91 Å². The molecule has 0 atom stereocenters. The standard InChI is InChI=1S/C10H10FN3O2/c11-7-2-1-3-8(6(7)4-12)14-9(15)5-13-10(14)16/h1-3H,4-5,12H2,(H,13,16). The van der Waals surface area contributed by atoms with Gasteiger partial charge in [-0.3, -0.25) is 4.79 Å². The van der Waals surface area contributed by atoms with E-state index < -0.39 is 17.8 Å². The zero-order chi connectivity index (χ0) is 11.7. The van der Waals surface area contributed by atoms with E-state index in [2.05, 4.69) is 5.32 Å². The van der Waals surface area contributed by atoms with Crippen LogP contribution in [0.15, 0.2) is 18.2 Å². The average molecular weight is 223 g/mol. The highest BCUT2D eigenvalue weighted by Crippen LogP contribution is 2.24. The van der Waals surface area contributed by atoms with Crippen molar-refractivity contribution in [1.29, 1.82) is 0 Å². The number of rotatable bonds is 2. The number of carbonyl (C=O) groups excluding carboxylic acids is 2. The first-order chi connectivity index (χ1) is 7.65. The van der Waals surface area contributed by atoms with Gasteiger partial charge in [-0.05, 0) is 12.1 Å². The van der Waals surface area contributed by atoms with Crippen LogP contribution in [0.4, 0.5) is 14.9 Å². The first kappa shape index (κ1) is 10.6. The maximum absolute atomic E-state index is 13.4. The molecule has 1 aliphatic rings. The van der Waals surface area contributed by atoms with Crippen molar-refractivity contribution in [2.75, 3.05) is 11.4 Å². The normalized spacial score (nSPS) is 15.5. The van der Waals surface area contributed by atoms with E-state index in [4.69, 9.17) is 5.73 Å². The van der Waals surface area contributed by atoms with Crippen molar-refractivity contribution in [3.05, 3.63) is 29.6 Å². The van der Waals surface area contributed by atoms with Crippen molar-refractivity contribution in [3.63, 3.8) is 0 Å². The fourth-order valence-electron chi connectivity index (χ4n) is 1.63. The predicted octanol–water partition coefficient (Wildman–Crippen LogP) is 0.341. The Morgan fingerprint density at radius 1 is 1.44 bits per heavy atom. The summed E-state index contributed by atoms with van der Waals surface area (Å²) in [5.41, 5.74) is 5.77.